The second-order valence-corrected chi connectivity index (χ2v) is 4.77. The third-order valence-electron chi connectivity index (χ3n) is 2.46. The Morgan fingerprint density at radius 1 is 1.50 bits per heavy atom. The zero-order valence-electron chi connectivity index (χ0n) is 9.76. The molecular weight excluding hydrogens is 224 g/mol. The minimum Gasteiger partial charge on any atom is -0.397 e. The van der Waals surface area contributed by atoms with Gasteiger partial charge in [-0.05, 0) is 31.5 Å². The number of hydrogen-bond acceptors (Lipinski definition) is 3. The quantitative estimate of drug-likeness (QED) is 0.696. The zero-order valence-corrected chi connectivity index (χ0v) is 10.5. The van der Waals surface area contributed by atoms with Crippen LogP contribution in [0.4, 0.5) is 11.4 Å². The number of nitrogens with two attached hydrogens (primary N) is 1. The van der Waals surface area contributed by atoms with Crippen LogP contribution in [-0.4, -0.2) is 17.3 Å². The van der Waals surface area contributed by atoms with E-state index in [1.807, 2.05) is 19.9 Å². The zero-order chi connectivity index (χ0) is 12.2. The fourth-order valence-electron chi connectivity index (χ4n) is 1.61. The normalized spacial score (nSPS) is 14.5. The lowest BCUT2D eigenvalue weighted by molar-refractivity contribution is 0.0637. The molecule has 1 aromatic carbocycles. The molecule has 1 atom stereocenters. The van der Waals surface area contributed by atoms with E-state index in [9.17, 15) is 5.11 Å². The largest absolute Gasteiger partial charge is 0.397 e. The maximum Gasteiger partial charge on any atom is 0.0791 e. The number of anilines is 2. The van der Waals surface area contributed by atoms with E-state index in [4.69, 9.17) is 17.3 Å². The van der Waals surface area contributed by atoms with Crippen molar-refractivity contribution in [2.24, 2.45) is 0 Å². The molecule has 4 N–H and O–H groups in total. The van der Waals surface area contributed by atoms with Gasteiger partial charge >= 0.3 is 0 Å². The first-order valence-electron chi connectivity index (χ1n) is 5.46. The van der Waals surface area contributed by atoms with Crippen LogP contribution in [0, 0.1) is 0 Å². The lowest BCUT2D eigenvalue weighted by atomic mass is 10.0. The van der Waals surface area contributed by atoms with Crippen molar-refractivity contribution in [3.8, 4) is 0 Å². The van der Waals surface area contributed by atoms with Gasteiger partial charge in [0, 0.05) is 11.6 Å². The minimum atomic E-state index is -0.708. The summed E-state index contributed by atoms with van der Waals surface area (Å²) >= 11 is 5.80. The van der Waals surface area contributed by atoms with Crippen LogP contribution in [0.15, 0.2) is 18.2 Å². The van der Waals surface area contributed by atoms with Gasteiger partial charge in [0.2, 0.25) is 0 Å². The molecule has 0 aromatic heterocycles. The van der Waals surface area contributed by atoms with Gasteiger partial charge < -0.3 is 16.2 Å². The molecule has 1 aromatic rings. The van der Waals surface area contributed by atoms with Crippen LogP contribution in [0.3, 0.4) is 0 Å². The Balaban J connectivity index is 2.61. The molecule has 0 radical (unpaired) electrons. The maximum absolute atomic E-state index is 9.99. The molecule has 0 aliphatic carbocycles. The fraction of sp³-hybridized carbons (Fsp3) is 0.500. The van der Waals surface area contributed by atoms with Gasteiger partial charge in [0.15, 0.2) is 0 Å². The van der Waals surface area contributed by atoms with E-state index in [0.717, 1.165) is 18.5 Å². The van der Waals surface area contributed by atoms with E-state index >= 15 is 0 Å². The lowest BCUT2D eigenvalue weighted by Crippen LogP contribution is -2.33. The third-order valence-corrected chi connectivity index (χ3v) is 2.70. The van der Waals surface area contributed by atoms with Gasteiger partial charge in [-0.15, -0.1) is 0 Å². The number of nitrogens with one attached hydrogen (secondary N) is 1. The third kappa shape index (κ3) is 3.91. The summed E-state index contributed by atoms with van der Waals surface area (Å²) in [6, 6.07) is 5.28. The molecule has 0 heterocycles. The number of rotatable bonds is 5. The van der Waals surface area contributed by atoms with Gasteiger partial charge in [-0.2, -0.15) is 0 Å². The topological polar surface area (TPSA) is 58.3 Å². The molecular formula is C12H19ClN2O. The molecule has 3 nitrogen and oxygen atoms in total. The van der Waals surface area contributed by atoms with Crippen LogP contribution in [0.5, 0.6) is 0 Å². The van der Waals surface area contributed by atoms with E-state index in [2.05, 4.69) is 5.32 Å². The predicted molar refractivity (Wildman–Crippen MR) is 69.9 cm³/mol. The number of hydrogen-bond donors (Lipinski definition) is 3. The number of aliphatic hydroxyl groups is 1. The van der Waals surface area contributed by atoms with E-state index in [0.29, 0.717) is 17.3 Å². The van der Waals surface area contributed by atoms with E-state index in [1.54, 1.807) is 12.1 Å². The molecule has 0 amide bonds. The van der Waals surface area contributed by atoms with Crippen molar-refractivity contribution in [3.63, 3.8) is 0 Å². The molecule has 0 aliphatic heterocycles. The van der Waals surface area contributed by atoms with Crippen molar-refractivity contribution < 1.29 is 5.11 Å². The van der Waals surface area contributed by atoms with Gasteiger partial charge in [-0.1, -0.05) is 24.9 Å². The molecule has 16 heavy (non-hydrogen) atoms. The Morgan fingerprint density at radius 2 is 2.19 bits per heavy atom. The van der Waals surface area contributed by atoms with Crippen molar-refractivity contribution in [2.45, 2.75) is 32.3 Å². The first-order chi connectivity index (χ1) is 7.44. The number of benzene rings is 1. The smallest absolute Gasteiger partial charge is 0.0791 e. The van der Waals surface area contributed by atoms with Gasteiger partial charge in [-0.25, -0.2) is 0 Å². The monoisotopic (exact) mass is 242 g/mol. The van der Waals surface area contributed by atoms with Crippen LogP contribution in [0.2, 0.25) is 5.02 Å². The highest BCUT2D eigenvalue weighted by Gasteiger charge is 2.18. The van der Waals surface area contributed by atoms with Crippen LogP contribution in [0.1, 0.15) is 26.7 Å². The molecule has 1 unspecified atom stereocenters. The summed E-state index contributed by atoms with van der Waals surface area (Å²) in [6.45, 7) is 4.34. The molecule has 0 spiro atoms. The molecule has 90 valence electrons. The molecule has 0 saturated carbocycles. The maximum atomic E-state index is 9.99. The number of nitrogen functional groups attached to an aromatic ring is 1. The van der Waals surface area contributed by atoms with Crippen molar-refractivity contribution in [2.75, 3.05) is 17.6 Å². The van der Waals surface area contributed by atoms with Crippen molar-refractivity contribution >= 4 is 23.0 Å². The standard InChI is InChI=1S/C12H19ClN2O/c1-3-6-12(2,16)8-15-11-5-4-9(13)7-10(11)14/h4-5,7,15-16H,3,6,8,14H2,1-2H3. The van der Waals surface area contributed by atoms with Gasteiger partial charge in [0.05, 0.1) is 17.0 Å². The summed E-state index contributed by atoms with van der Waals surface area (Å²) in [5, 5.41) is 13.7. The average Bonchev–Trinajstić information content (AvgIpc) is 2.16. The highest BCUT2D eigenvalue weighted by atomic mass is 35.5. The van der Waals surface area contributed by atoms with Gasteiger partial charge in [0.1, 0.15) is 0 Å². The predicted octanol–water partition coefficient (Wildman–Crippen LogP) is 2.89. The summed E-state index contributed by atoms with van der Waals surface area (Å²) < 4.78 is 0. The second-order valence-electron chi connectivity index (χ2n) is 4.33. The summed E-state index contributed by atoms with van der Waals surface area (Å²) in [5.41, 5.74) is 6.49. The highest BCUT2D eigenvalue weighted by molar-refractivity contribution is 6.31. The Hall–Kier alpha value is -0.930. The molecule has 0 saturated heterocycles. The average molecular weight is 243 g/mol. The van der Waals surface area contributed by atoms with Gasteiger partial charge in [-0.3, -0.25) is 0 Å². The molecule has 1 rings (SSSR count). The Kier molecular flexibility index (Phi) is 4.44. The Bertz CT molecular complexity index is 353. The van der Waals surface area contributed by atoms with Crippen LogP contribution in [-0.2, 0) is 0 Å². The first-order valence-corrected chi connectivity index (χ1v) is 5.84. The van der Waals surface area contributed by atoms with Gasteiger partial charge in [0.25, 0.3) is 0 Å². The summed E-state index contributed by atoms with van der Waals surface area (Å²) in [6.07, 6.45) is 1.71. The second kappa shape index (κ2) is 5.41. The highest BCUT2D eigenvalue weighted by Crippen LogP contribution is 2.23. The fourth-order valence-corrected chi connectivity index (χ4v) is 1.79. The van der Waals surface area contributed by atoms with E-state index < -0.39 is 5.60 Å². The SMILES string of the molecule is CCCC(C)(O)CNc1ccc(Cl)cc1N. The summed E-state index contributed by atoms with van der Waals surface area (Å²) in [7, 11) is 0. The van der Waals surface area contributed by atoms with Crippen molar-refractivity contribution in [3.05, 3.63) is 23.2 Å². The van der Waals surface area contributed by atoms with E-state index in [-0.39, 0.29) is 0 Å². The van der Waals surface area contributed by atoms with Crippen LogP contribution in [0.25, 0.3) is 0 Å². The summed E-state index contributed by atoms with van der Waals surface area (Å²) in [5.74, 6) is 0. The lowest BCUT2D eigenvalue weighted by Gasteiger charge is -2.24. The molecule has 0 fully saturated rings. The van der Waals surface area contributed by atoms with Crippen molar-refractivity contribution in [1.29, 1.82) is 0 Å². The molecule has 0 bridgehead atoms. The minimum absolute atomic E-state index is 0.479. The van der Waals surface area contributed by atoms with Crippen LogP contribution >= 0.6 is 11.6 Å². The number of halogens is 1. The molecule has 0 aliphatic rings. The molecule has 4 heteroatoms. The van der Waals surface area contributed by atoms with Crippen LogP contribution < -0.4 is 11.1 Å². The Labute approximate surface area is 102 Å². The summed E-state index contributed by atoms with van der Waals surface area (Å²) in [4.78, 5) is 0. The first kappa shape index (κ1) is 13.1. The Morgan fingerprint density at radius 3 is 2.75 bits per heavy atom. The van der Waals surface area contributed by atoms with Crippen molar-refractivity contribution in [1.82, 2.24) is 0 Å². The van der Waals surface area contributed by atoms with E-state index in [1.165, 1.54) is 0 Å².